The number of carbonyl (C=O) groups excluding carboxylic acids is 2. The number of aliphatic hydroxyl groups is 1. The first-order valence-electron chi connectivity index (χ1n) is 11.5. The third kappa shape index (κ3) is 4.63. The normalized spacial score (nSPS) is 25.0. The van der Waals surface area contributed by atoms with E-state index in [1.807, 2.05) is 44.7 Å². The summed E-state index contributed by atoms with van der Waals surface area (Å²) in [6, 6.07) is 6.84. The maximum Gasteiger partial charge on any atom is 0.245 e. The number of piperidine rings is 1. The van der Waals surface area contributed by atoms with E-state index in [4.69, 9.17) is 11.6 Å². The van der Waals surface area contributed by atoms with Crippen LogP contribution in [0.25, 0.3) is 0 Å². The van der Waals surface area contributed by atoms with E-state index in [0.29, 0.717) is 24.5 Å². The minimum atomic E-state index is -1.05. The van der Waals surface area contributed by atoms with Crippen molar-refractivity contribution in [3.05, 3.63) is 34.9 Å². The van der Waals surface area contributed by atoms with Crippen molar-refractivity contribution in [2.75, 3.05) is 20.1 Å². The summed E-state index contributed by atoms with van der Waals surface area (Å²) >= 11 is 6.03. The van der Waals surface area contributed by atoms with Crippen molar-refractivity contribution in [2.24, 2.45) is 17.3 Å². The van der Waals surface area contributed by atoms with Gasteiger partial charge in [0.1, 0.15) is 6.04 Å². The fourth-order valence-corrected chi connectivity index (χ4v) is 5.58. The molecule has 5 nitrogen and oxygen atoms in total. The molecule has 1 saturated carbocycles. The van der Waals surface area contributed by atoms with Crippen LogP contribution in [-0.2, 0) is 15.2 Å². The molecule has 2 aliphatic rings. The summed E-state index contributed by atoms with van der Waals surface area (Å²) in [4.78, 5) is 30.2. The number of nitrogens with zero attached hydrogens (tertiary/aromatic N) is 2. The molecule has 0 spiro atoms. The van der Waals surface area contributed by atoms with E-state index >= 15 is 0 Å². The highest BCUT2D eigenvalue weighted by atomic mass is 35.5. The summed E-state index contributed by atoms with van der Waals surface area (Å²) in [5.74, 6) is 0.142. The first kappa shape index (κ1) is 24.1. The molecule has 1 aromatic rings. The largest absolute Gasteiger partial charge is 0.384 e. The van der Waals surface area contributed by atoms with E-state index in [1.54, 1.807) is 24.1 Å². The number of hydrogen-bond donors (Lipinski definition) is 1. The van der Waals surface area contributed by atoms with E-state index < -0.39 is 17.1 Å². The average Bonchev–Trinajstić information content (AvgIpc) is 3.24. The minimum Gasteiger partial charge on any atom is -0.384 e. The van der Waals surface area contributed by atoms with Crippen LogP contribution in [0.2, 0.25) is 5.02 Å². The van der Waals surface area contributed by atoms with Crippen molar-refractivity contribution in [1.82, 2.24) is 9.80 Å². The van der Waals surface area contributed by atoms with E-state index in [9.17, 15) is 14.7 Å². The monoisotopic (exact) mass is 448 g/mol. The van der Waals surface area contributed by atoms with Gasteiger partial charge in [0.2, 0.25) is 11.8 Å². The molecule has 1 heterocycles. The van der Waals surface area contributed by atoms with Gasteiger partial charge in [-0.25, -0.2) is 0 Å². The van der Waals surface area contributed by atoms with Crippen LogP contribution in [0.4, 0.5) is 0 Å². The zero-order valence-electron chi connectivity index (χ0n) is 19.5. The van der Waals surface area contributed by atoms with Gasteiger partial charge in [-0.2, -0.15) is 0 Å². The summed E-state index contributed by atoms with van der Waals surface area (Å²) in [6.45, 7) is 8.88. The number of rotatable bonds is 5. The molecule has 1 N–H and O–H groups in total. The number of halogens is 1. The molecule has 0 radical (unpaired) electrons. The standard InChI is InChI=1S/C25H37ClN2O3/c1-17(2)21(27(5)22(29)18-8-6-7-9-18)23(30)28-15-14-25(31,24(3,4)16-28)19-10-12-20(26)13-11-19/h10-13,17-18,21,31H,6-9,14-16H2,1-5H3/t21-,25+/m1/s1. The molecule has 2 fully saturated rings. The molecule has 172 valence electrons. The van der Waals surface area contributed by atoms with Crippen LogP contribution in [-0.4, -0.2) is 52.9 Å². The molecular formula is C25H37ClN2O3. The molecule has 0 unspecified atom stereocenters. The zero-order chi connectivity index (χ0) is 23.0. The lowest BCUT2D eigenvalue weighted by molar-refractivity contribution is -0.162. The Morgan fingerprint density at radius 1 is 1.16 bits per heavy atom. The van der Waals surface area contributed by atoms with Gasteiger partial charge in [-0.05, 0) is 42.9 Å². The second kappa shape index (κ2) is 9.11. The minimum absolute atomic E-state index is 0.0167. The summed E-state index contributed by atoms with van der Waals surface area (Å²) in [5.41, 5.74) is -0.777. The molecular weight excluding hydrogens is 412 g/mol. The molecule has 1 saturated heterocycles. The van der Waals surface area contributed by atoms with Gasteiger partial charge in [0.25, 0.3) is 0 Å². The van der Waals surface area contributed by atoms with Crippen molar-refractivity contribution in [1.29, 1.82) is 0 Å². The van der Waals surface area contributed by atoms with Crippen LogP contribution >= 0.6 is 11.6 Å². The van der Waals surface area contributed by atoms with E-state index in [2.05, 4.69) is 0 Å². The Morgan fingerprint density at radius 3 is 2.26 bits per heavy atom. The Kier molecular flexibility index (Phi) is 7.07. The molecule has 1 aromatic carbocycles. The second-order valence-corrected chi connectivity index (χ2v) is 10.8. The summed E-state index contributed by atoms with van der Waals surface area (Å²) in [5, 5.41) is 12.2. The number of amides is 2. The predicted octanol–water partition coefficient (Wildman–Crippen LogP) is 4.46. The molecule has 1 aliphatic carbocycles. The Morgan fingerprint density at radius 2 is 1.74 bits per heavy atom. The van der Waals surface area contributed by atoms with Gasteiger partial charge in [0, 0.05) is 36.5 Å². The average molecular weight is 449 g/mol. The van der Waals surface area contributed by atoms with Crippen molar-refractivity contribution in [3.8, 4) is 0 Å². The summed E-state index contributed by atoms with van der Waals surface area (Å²) < 4.78 is 0. The highest BCUT2D eigenvalue weighted by Gasteiger charge is 2.50. The van der Waals surface area contributed by atoms with Gasteiger partial charge in [-0.3, -0.25) is 9.59 Å². The highest BCUT2D eigenvalue weighted by molar-refractivity contribution is 6.30. The van der Waals surface area contributed by atoms with Crippen molar-refractivity contribution in [2.45, 2.75) is 71.4 Å². The maximum atomic E-state index is 13.6. The molecule has 3 rings (SSSR count). The number of benzene rings is 1. The van der Waals surface area contributed by atoms with Crippen LogP contribution < -0.4 is 0 Å². The lowest BCUT2D eigenvalue weighted by Crippen LogP contribution is -2.61. The zero-order valence-corrected chi connectivity index (χ0v) is 20.3. The Bertz CT molecular complexity index is 801. The van der Waals surface area contributed by atoms with Crippen LogP contribution in [0.3, 0.4) is 0 Å². The smallest absolute Gasteiger partial charge is 0.245 e. The molecule has 2 amide bonds. The number of likely N-dealkylation sites (tertiary alicyclic amines) is 1. The van der Waals surface area contributed by atoms with E-state index in [1.165, 1.54) is 0 Å². The summed E-state index contributed by atoms with van der Waals surface area (Å²) in [7, 11) is 1.78. The van der Waals surface area contributed by atoms with Crippen LogP contribution in [0.15, 0.2) is 24.3 Å². The summed E-state index contributed by atoms with van der Waals surface area (Å²) in [6.07, 6.45) is 4.47. The number of likely N-dealkylation sites (N-methyl/N-ethyl adjacent to an activating group) is 1. The second-order valence-electron chi connectivity index (χ2n) is 10.4. The van der Waals surface area contributed by atoms with Crippen LogP contribution in [0.5, 0.6) is 0 Å². The van der Waals surface area contributed by atoms with Gasteiger partial charge >= 0.3 is 0 Å². The maximum absolute atomic E-state index is 13.6. The molecule has 0 bridgehead atoms. The Hall–Kier alpha value is -1.59. The number of carbonyl (C=O) groups is 2. The van der Waals surface area contributed by atoms with Gasteiger partial charge in [-0.15, -0.1) is 0 Å². The SMILES string of the molecule is CC(C)[C@H](C(=O)N1CC[C@](O)(c2ccc(Cl)cc2)C(C)(C)C1)N(C)C(=O)C1CCCC1. The first-order chi connectivity index (χ1) is 14.5. The first-order valence-corrected chi connectivity index (χ1v) is 11.9. The molecule has 0 aromatic heterocycles. The van der Waals surface area contributed by atoms with Gasteiger partial charge in [-0.1, -0.05) is 64.3 Å². The van der Waals surface area contributed by atoms with Crippen molar-refractivity contribution in [3.63, 3.8) is 0 Å². The van der Waals surface area contributed by atoms with Gasteiger partial charge < -0.3 is 14.9 Å². The van der Waals surface area contributed by atoms with Crippen molar-refractivity contribution < 1.29 is 14.7 Å². The third-order valence-corrected chi connectivity index (χ3v) is 7.69. The van der Waals surface area contributed by atoms with Gasteiger partial charge in [0.05, 0.1) is 5.60 Å². The quantitative estimate of drug-likeness (QED) is 0.723. The molecule has 2 atom stereocenters. The topological polar surface area (TPSA) is 60.9 Å². The van der Waals surface area contributed by atoms with Crippen LogP contribution in [0.1, 0.15) is 65.4 Å². The molecule has 1 aliphatic heterocycles. The van der Waals surface area contributed by atoms with Gasteiger partial charge in [0.15, 0.2) is 0 Å². The third-order valence-electron chi connectivity index (χ3n) is 7.44. The van der Waals surface area contributed by atoms with Crippen molar-refractivity contribution >= 4 is 23.4 Å². The van der Waals surface area contributed by atoms with Crippen LogP contribution in [0, 0.1) is 17.3 Å². The predicted molar refractivity (Wildman–Crippen MR) is 124 cm³/mol. The Labute approximate surface area is 191 Å². The Balaban J connectivity index is 1.78. The lowest BCUT2D eigenvalue weighted by atomic mass is 9.66. The lowest BCUT2D eigenvalue weighted by Gasteiger charge is -2.51. The fraction of sp³-hybridized carbons (Fsp3) is 0.680. The van der Waals surface area contributed by atoms with E-state index in [0.717, 1.165) is 31.2 Å². The van der Waals surface area contributed by atoms with E-state index in [-0.39, 0.29) is 23.7 Å². The number of hydrogen-bond acceptors (Lipinski definition) is 3. The molecule has 6 heteroatoms. The highest BCUT2D eigenvalue weighted by Crippen LogP contribution is 2.46. The molecule has 31 heavy (non-hydrogen) atoms. The fourth-order valence-electron chi connectivity index (χ4n) is 5.45.